The minimum Gasteiger partial charge on any atom is -0.481 e. The predicted molar refractivity (Wildman–Crippen MR) is 75.6 cm³/mol. The molecule has 1 aliphatic heterocycles. The average molecular weight is 291 g/mol. The molecular weight excluding hydrogens is 274 g/mol. The second-order valence-corrected chi connectivity index (χ2v) is 5.31. The molecule has 0 unspecified atom stereocenters. The van der Waals surface area contributed by atoms with Crippen LogP contribution in [0.2, 0.25) is 0 Å². The van der Waals surface area contributed by atoms with E-state index in [4.69, 9.17) is 5.11 Å². The Hall–Kier alpha value is -2.37. The summed E-state index contributed by atoms with van der Waals surface area (Å²) in [6.45, 7) is 2.14. The van der Waals surface area contributed by atoms with Gasteiger partial charge in [-0.1, -0.05) is 19.1 Å². The van der Waals surface area contributed by atoms with Crippen molar-refractivity contribution >= 4 is 23.4 Å². The molecule has 2 rings (SSSR count). The molecule has 0 spiro atoms. The second-order valence-electron chi connectivity index (χ2n) is 5.31. The third-order valence-electron chi connectivity index (χ3n) is 3.66. The molecule has 0 amide bonds. The number of hydrogen-bond donors (Lipinski definition) is 2. The number of aliphatic carboxylic acids is 2. The Morgan fingerprint density at radius 2 is 1.95 bits per heavy atom. The van der Waals surface area contributed by atoms with Crippen LogP contribution in [0.5, 0.6) is 0 Å². The summed E-state index contributed by atoms with van der Waals surface area (Å²) in [5.41, 5.74) is 1.02. The highest BCUT2D eigenvalue weighted by Crippen LogP contribution is 2.32. The van der Waals surface area contributed by atoms with Gasteiger partial charge >= 0.3 is 11.9 Å². The van der Waals surface area contributed by atoms with Crippen LogP contribution in [0.3, 0.4) is 0 Å². The largest absolute Gasteiger partial charge is 0.481 e. The summed E-state index contributed by atoms with van der Waals surface area (Å²) in [6, 6.07) is 5.59. The van der Waals surface area contributed by atoms with E-state index >= 15 is 0 Å². The molecule has 2 N–H and O–H groups in total. The lowest BCUT2D eigenvalue weighted by molar-refractivity contribution is -0.139. The first-order valence-corrected chi connectivity index (χ1v) is 6.76. The molecule has 1 heterocycles. The first-order chi connectivity index (χ1) is 9.91. The fraction of sp³-hybridized carbons (Fsp3) is 0.400. The molecule has 0 aliphatic carbocycles. The van der Waals surface area contributed by atoms with Gasteiger partial charge in [0.25, 0.3) is 0 Å². The molecule has 0 radical (unpaired) electrons. The van der Waals surface area contributed by atoms with E-state index in [2.05, 4.69) is 0 Å². The van der Waals surface area contributed by atoms with Crippen molar-refractivity contribution in [3.05, 3.63) is 29.8 Å². The SMILES string of the molecule is C[C@@H](CCN1c2ccccc2C(=O)[C@@H]1C(=O)O)CC(=O)O. The van der Waals surface area contributed by atoms with Crippen LogP contribution in [0.4, 0.5) is 5.69 Å². The maximum atomic E-state index is 12.2. The van der Waals surface area contributed by atoms with Crippen LogP contribution in [0.1, 0.15) is 30.1 Å². The predicted octanol–water partition coefficient (Wildman–Crippen LogP) is 1.64. The van der Waals surface area contributed by atoms with E-state index < -0.39 is 23.8 Å². The zero-order valence-corrected chi connectivity index (χ0v) is 11.7. The number of fused-ring (bicyclic) bond motifs is 1. The topological polar surface area (TPSA) is 94.9 Å². The third kappa shape index (κ3) is 3.04. The zero-order valence-electron chi connectivity index (χ0n) is 11.7. The molecule has 6 heteroatoms. The Bertz CT molecular complexity index is 583. The number of hydrogen-bond acceptors (Lipinski definition) is 4. The molecule has 1 aromatic rings. The number of carboxylic acid groups (broad SMARTS) is 2. The monoisotopic (exact) mass is 291 g/mol. The average Bonchev–Trinajstić information content (AvgIpc) is 2.69. The van der Waals surface area contributed by atoms with Gasteiger partial charge in [0.15, 0.2) is 11.8 Å². The summed E-state index contributed by atoms with van der Waals surface area (Å²) in [5.74, 6) is -2.55. The molecule has 0 saturated carbocycles. The van der Waals surface area contributed by atoms with Gasteiger partial charge in [-0.3, -0.25) is 9.59 Å². The van der Waals surface area contributed by atoms with Gasteiger partial charge in [-0.2, -0.15) is 0 Å². The van der Waals surface area contributed by atoms with Gasteiger partial charge in [0.2, 0.25) is 0 Å². The maximum Gasteiger partial charge on any atom is 0.334 e. The fourth-order valence-corrected chi connectivity index (χ4v) is 2.62. The van der Waals surface area contributed by atoms with Crippen LogP contribution in [-0.2, 0) is 9.59 Å². The van der Waals surface area contributed by atoms with Crippen LogP contribution in [0.25, 0.3) is 0 Å². The standard InChI is InChI=1S/C15H17NO5/c1-9(8-12(17)18)6-7-16-11-5-3-2-4-10(11)14(19)13(16)15(20)21/h2-5,9,13H,6-8H2,1H3,(H,17,18)(H,20,21)/t9-,13+/m0/s1. The maximum absolute atomic E-state index is 12.2. The second kappa shape index (κ2) is 5.95. The molecule has 2 atom stereocenters. The van der Waals surface area contributed by atoms with E-state index in [0.717, 1.165) is 0 Å². The van der Waals surface area contributed by atoms with Gasteiger partial charge in [-0.15, -0.1) is 0 Å². The minimum atomic E-state index is -1.21. The van der Waals surface area contributed by atoms with Crippen molar-refractivity contribution in [2.24, 2.45) is 5.92 Å². The highest BCUT2D eigenvalue weighted by Gasteiger charge is 2.41. The van der Waals surface area contributed by atoms with E-state index in [1.54, 1.807) is 36.1 Å². The summed E-state index contributed by atoms with van der Waals surface area (Å²) in [6.07, 6.45) is 0.541. The van der Waals surface area contributed by atoms with Crippen molar-refractivity contribution in [2.75, 3.05) is 11.4 Å². The van der Waals surface area contributed by atoms with Crippen molar-refractivity contribution in [1.29, 1.82) is 0 Å². The van der Waals surface area contributed by atoms with Gasteiger partial charge in [0.1, 0.15) is 0 Å². The molecule has 21 heavy (non-hydrogen) atoms. The lowest BCUT2D eigenvalue weighted by Crippen LogP contribution is -2.42. The van der Waals surface area contributed by atoms with E-state index in [0.29, 0.717) is 24.2 Å². The van der Waals surface area contributed by atoms with Crippen molar-refractivity contribution in [3.63, 3.8) is 0 Å². The number of para-hydroxylation sites is 1. The molecule has 0 saturated heterocycles. The number of ketones is 1. The van der Waals surface area contributed by atoms with Crippen LogP contribution >= 0.6 is 0 Å². The number of nitrogens with zero attached hydrogens (tertiary/aromatic N) is 1. The van der Waals surface area contributed by atoms with Crippen LogP contribution < -0.4 is 4.90 Å². The van der Waals surface area contributed by atoms with Gasteiger partial charge < -0.3 is 15.1 Å². The highest BCUT2D eigenvalue weighted by molar-refractivity contribution is 6.20. The summed E-state index contributed by atoms with van der Waals surface area (Å²) < 4.78 is 0. The zero-order chi connectivity index (χ0) is 15.6. The summed E-state index contributed by atoms with van der Waals surface area (Å²) in [7, 11) is 0. The summed E-state index contributed by atoms with van der Waals surface area (Å²) in [5, 5.41) is 18.0. The highest BCUT2D eigenvalue weighted by atomic mass is 16.4. The van der Waals surface area contributed by atoms with E-state index in [1.165, 1.54) is 0 Å². The van der Waals surface area contributed by atoms with Crippen LogP contribution in [0.15, 0.2) is 24.3 Å². The minimum absolute atomic E-state index is 0.0289. The molecule has 112 valence electrons. The van der Waals surface area contributed by atoms with Crippen molar-refractivity contribution in [3.8, 4) is 0 Å². The van der Waals surface area contributed by atoms with Crippen LogP contribution in [-0.4, -0.2) is 40.5 Å². The molecule has 0 fully saturated rings. The first kappa shape index (κ1) is 15.0. The Balaban J connectivity index is 2.17. The van der Waals surface area contributed by atoms with Crippen molar-refractivity contribution in [2.45, 2.75) is 25.8 Å². The molecule has 0 aromatic heterocycles. The van der Waals surface area contributed by atoms with Crippen LogP contribution in [0, 0.1) is 5.92 Å². The third-order valence-corrected chi connectivity index (χ3v) is 3.66. The number of anilines is 1. The van der Waals surface area contributed by atoms with Gasteiger partial charge in [0.05, 0.1) is 0 Å². The molecule has 6 nitrogen and oxygen atoms in total. The molecule has 0 bridgehead atoms. The quantitative estimate of drug-likeness (QED) is 0.774. The first-order valence-electron chi connectivity index (χ1n) is 6.76. The summed E-state index contributed by atoms with van der Waals surface area (Å²) >= 11 is 0. The number of carbonyl (C=O) groups is 3. The Kier molecular flexibility index (Phi) is 4.26. The smallest absolute Gasteiger partial charge is 0.334 e. The lowest BCUT2D eigenvalue weighted by atomic mass is 10.0. The van der Waals surface area contributed by atoms with E-state index in [-0.39, 0.29) is 12.3 Å². The van der Waals surface area contributed by atoms with Gasteiger partial charge in [0, 0.05) is 24.2 Å². The molecular formula is C15H17NO5. The Morgan fingerprint density at radius 1 is 1.29 bits per heavy atom. The number of rotatable bonds is 6. The number of carboxylic acids is 2. The Morgan fingerprint density at radius 3 is 2.57 bits per heavy atom. The van der Waals surface area contributed by atoms with Gasteiger partial charge in [-0.25, -0.2) is 4.79 Å². The van der Waals surface area contributed by atoms with Crippen molar-refractivity contribution < 1.29 is 24.6 Å². The van der Waals surface area contributed by atoms with Crippen molar-refractivity contribution in [1.82, 2.24) is 0 Å². The molecule has 1 aromatic carbocycles. The lowest BCUT2D eigenvalue weighted by Gasteiger charge is -2.24. The molecule has 1 aliphatic rings. The van der Waals surface area contributed by atoms with E-state index in [9.17, 15) is 19.5 Å². The van der Waals surface area contributed by atoms with E-state index in [1.807, 2.05) is 0 Å². The fourth-order valence-electron chi connectivity index (χ4n) is 2.62. The number of Topliss-reactive ketones (excluding diaryl/α,β-unsaturated/α-hetero) is 1. The Labute approximate surface area is 122 Å². The number of carbonyl (C=O) groups excluding carboxylic acids is 1. The van der Waals surface area contributed by atoms with Gasteiger partial charge in [-0.05, 0) is 24.5 Å². The normalized spacial score (nSPS) is 18.4. The number of benzene rings is 1. The summed E-state index contributed by atoms with van der Waals surface area (Å²) in [4.78, 5) is 35.7.